The van der Waals surface area contributed by atoms with E-state index < -0.39 is 9.84 Å². The Morgan fingerprint density at radius 2 is 2.05 bits per heavy atom. The molecule has 106 valence electrons. The predicted molar refractivity (Wildman–Crippen MR) is 76.1 cm³/mol. The van der Waals surface area contributed by atoms with E-state index in [2.05, 4.69) is 5.32 Å². The molecule has 0 saturated carbocycles. The molecule has 0 aliphatic carbocycles. The number of rotatable bonds is 3. The molecule has 0 amide bonds. The number of furan rings is 1. The molecular weight excluding hydrogens is 274 g/mol. The van der Waals surface area contributed by atoms with E-state index in [1.807, 2.05) is 31.2 Å². The zero-order valence-electron chi connectivity index (χ0n) is 11.3. The summed E-state index contributed by atoms with van der Waals surface area (Å²) in [5, 5.41) is 3.39. The Morgan fingerprint density at radius 3 is 2.80 bits per heavy atom. The minimum absolute atomic E-state index is 0.0557. The molecule has 1 N–H and O–H groups in total. The topological polar surface area (TPSA) is 59.3 Å². The normalized spacial score (nSPS) is 20.6. The zero-order chi connectivity index (χ0) is 14.2. The van der Waals surface area contributed by atoms with Gasteiger partial charge in [0.2, 0.25) is 0 Å². The monoisotopic (exact) mass is 291 g/mol. The number of aryl methyl sites for hydroxylation is 1. The van der Waals surface area contributed by atoms with Crippen molar-refractivity contribution in [1.29, 1.82) is 0 Å². The molecule has 0 bridgehead atoms. The molecule has 1 aliphatic heterocycles. The van der Waals surface area contributed by atoms with Gasteiger partial charge in [0.15, 0.2) is 9.84 Å². The van der Waals surface area contributed by atoms with Gasteiger partial charge in [-0.3, -0.25) is 0 Å². The van der Waals surface area contributed by atoms with Crippen molar-refractivity contribution in [2.24, 2.45) is 0 Å². The van der Waals surface area contributed by atoms with Crippen LogP contribution in [0.1, 0.15) is 29.5 Å². The highest BCUT2D eigenvalue weighted by atomic mass is 32.2. The fraction of sp³-hybridized carbons (Fsp3) is 0.333. The highest BCUT2D eigenvalue weighted by molar-refractivity contribution is 7.91. The molecule has 5 heteroatoms. The van der Waals surface area contributed by atoms with Gasteiger partial charge in [-0.25, -0.2) is 8.42 Å². The molecule has 1 aromatic carbocycles. The third-order valence-corrected chi connectivity index (χ3v) is 5.44. The standard InChI is InChI=1S/C15H17NO3S/c1-11-6-7-12(19-11)10-16-14-8-9-20(17,18)15-5-3-2-4-13(14)15/h2-7,14,16H,8-10H2,1H3. The van der Waals surface area contributed by atoms with Crippen LogP contribution < -0.4 is 5.32 Å². The van der Waals surface area contributed by atoms with Gasteiger partial charge in [0, 0.05) is 6.04 Å². The van der Waals surface area contributed by atoms with E-state index in [4.69, 9.17) is 4.42 Å². The Morgan fingerprint density at radius 1 is 1.25 bits per heavy atom. The number of sulfone groups is 1. The summed E-state index contributed by atoms with van der Waals surface area (Å²) in [4.78, 5) is 0.458. The fourth-order valence-electron chi connectivity index (χ4n) is 2.61. The molecule has 1 aromatic heterocycles. The Labute approximate surface area is 118 Å². The predicted octanol–water partition coefficient (Wildman–Crippen LogP) is 2.60. The zero-order valence-corrected chi connectivity index (χ0v) is 12.1. The Bertz CT molecular complexity index is 718. The molecule has 0 radical (unpaired) electrons. The smallest absolute Gasteiger partial charge is 0.178 e. The lowest BCUT2D eigenvalue weighted by Gasteiger charge is -2.26. The summed E-state index contributed by atoms with van der Waals surface area (Å²) in [5.74, 6) is 1.95. The first-order valence-corrected chi connectivity index (χ1v) is 8.32. The van der Waals surface area contributed by atoms with E-state index in [1.54, 1.807) is 12.1 Å². The number of benzene rings is 1. The van der Waals surface area contributed by atoms with Crippen LogP contribution in [0, 0.1) is 6.92 Å². The second kappa shape index (κ2) is 5.07. The molecule has 2 aromatic rings. The van der Waals surface area contributed by atoms with E-state index >= 15 is 0 Å². The largest absolute Gasteiger partial charge is 0.465 e. The minimum Gasteiger partial charge on any atom is -0.465 e. The average molecular weight is 291 g/mol. The molecule has 1 unspecified atom stereocenters. The van der Waals surface area contributed by atoms with Gasteiger partial charge in [-0.1, -0.05) is 18.2 Å². The van der Waals surface area contributed by atoms with Crippen LogP contribution >= 0.6 is 0 Å². The van der Waals surface area contributed by atoms with E-state index in [1.165, 1.54) is 0 Å². The van der Waals surface area contributed by atoms with Crippen LogP contribution in [-0.4, -0.2) is 14.2 Å². The summed E-state index contributed by atoms with van der Waals surface area (Å²) in [7, 11) is -3.12. The van der Waals surface area contributed by atoms with Gasteiger partial charge in [0.25, 0.3) is 0 Å². The van der Waals surface area contributed by atoms with Crippen molar-refractivity contribution in [3.8, 4) is 0 Å². The van der Waals surface area contributed by atoms with Gasteiger partial charge in [-0.15, -0.1) is 0 Å². The van der Waals surface area contributed by atoms with Crippen molar-refractivity contribution in [2.45, 2.75) is 30.8 Å². The van der Waals surface area contributed by atoms with Gasteiger partial charge in [-0.2, -0.15) is 0 Å². The first kappa shape index (κ1) is 13.4. The maximum atomic E-state index is 12.0. The van der Waals surface area contributed by atoms with Crippen LogP contribution in [0.25, 0.3) is 0 Å². The number of nitrogens with one attached hydrogen (secondary N) is 1. The lowest BCUT2D eigenvalue weighted by molar-refractivity contribution is 0.424. The van der Waals surface area contributed by atoms with Crippen LogP contribution in [0.5, 0.6) is 0 Å². The number of hydrogen-bond acceptors (Lipinski definition) is 4. The van der Waals surface area contributed by atoms with Crippen molar-refractivity contribution >= 4 is 9.84 Å². The third-order valence-electron chi connectivity index (χ3n) is 3.62. The Balaban J connectivity index is 1.82. The maximum Gasteiger partial charge on any atom is 0.178 e. The van der Waals surface area contributed by atoms with E-state index in [0.717, 1.165) is 17.1 Å². The quantitative estimate of drug-likeness (QED) is 0.944. The summed E-state index contributed by atoms with van der Waals surface area (Å²) in [6.07, 6.45) is 0.596. The van der Waals surface area contributed by atoms with Crippen LogP contribution in [0.4, 0.5) is 0 Å². The van der Waals surface area contributed by atoms with Gasteiger partial charge in [-0.05, 0) is 37.1 Å². The van der Waals surface area contributed by atoms with Crippen molar-refractivity contribution in [2.75, 3.05) is 5.75 Å². The SMILES string of the molecule is Cc1ccc(CNC2CCS(=O)(=O)c3ccccc32)o1. The molecule has 0 fully saturated rings. The van der Waals surface area contributed by atoms with Gasteiger partial charge < -0.3 is 9.73 Å². The van der Waals surface area contributed by atoms with Crippen molar-refractivity contribution in [3.05, 3.63) is 53.5 Å². The summed E-state index contributed by atoms with van der Waals surface area (Å²) in [6.45, 7) is 2.51. The summed E-state index contributed by atoms with van der Waals surface area (Å²) in [5.41, 5.74) is 0.863. The number of hydrogen-bond donors (Lipinski definition) is 1. The first-order chi connectivity index (χ1) is 9.56. The lowest BCUT2D eigenvalue weighted by atomic mass is 10.0. The number of fused-ring (bicyclic) bond motifs is 1. The summed E-state index contributed by atoms with van der Waals surface area (Å²) < 4.78 is 29.6. The highest BCUT2D eigenvalue weighted by Crippen LogP contribution is 2.32. The molecule has 0 saturated heterocycles. The minimum atomic E-state index is -3.12. The first-order valence-electron chi connectivity index (χ1n) is 6.67. The van der Waals surface area contributed by atoms with Gasteiger partial charge in [0.1, 0.15) is 11.5 Å². The molecule has 2 heterocycles. The van der Waals surface area contributed by atoms with Crippen LogP contribution in [-0.2, 0) is 16.4 Å². The molecule has 20 heavy (non-hydrogen) atoms. The molecular formula is C15H17NO3S. The van der Waals surface area contributed by atoms with Crippen LogP contribution in [0.3, 0.4) is 0 Å². The Hall–Kier alpha value is -1.59. The summed E-state index contributed by atoms with van der Waals surface area (Å²) in [6, 6.07) is 11.1. The summed E-state index contributed by atoms with van der Waals surface area (Å²) >= 11 is 0. The van der Waals surface area contributed by atoms with Crippen LogP contribution in [0.15, 0.2) is 45.7 Å². The Kier molecular flexibility index (Phi) is 3.40. The maximum absolute atomic E-state index is 12.0. The van der Waals surface area contributed by atoms with E-state index in [0.29, 0.717) is 17.9 Å². The fourth-order valence-corrected chi connectivity index (χ4v) is 4.23. The van der Waals surface area contributed by atoms with Crippen molar-refractivity contribution in [1.82, 2.24) is 5.32 Å². The van der Waals surface area contributed by atoms with Gasteiger partial charge in [0.05, 0.1) is 17.2 Å². The molecule has 4 nitrogen and oxygen atoms in total. The lowest BCUT2D eigenvalue weighted by Crippen LogP contribution is -2.29. The van der Waals surface area contributed by atoms with Crippen LogP contribution in [0.2, 0.25) is 0 Å². The van der Waals surface area contributed by atoms with Crippen molar-refractivity contribution < 1.29 is 12.8 Å². The second-order valence-corrected chi connectivity index (χ2v) is 7.17. The molecule has 3 rings (SSSR count). The van der Waals surface area contributed by atoms with E-state index in [9.17, 15) is 8.42 Å². The highest BCUT2D eigenvalue weighted by Gasteiger charge is 2.29. The van der Waals surface area contributed by atoms with Gasteiger partial charge >= 0.3 is 0 Å². The molecule has 0 spiro atoms. The van der Waals surface area contributed by atoms with E-state index in [-0.39, 0.29) is 11.8 Å². The molecule has 1 atom stereocenters. The second-order valence-electron chi connectivity index (χ2n) is 5.09. The average Bonchev–Trinajstić information content (AvgIpc) is 2.84. The van der Waals surface area contributed by atoms with Crippen molar-refractivity contribution in [3.63, 3.8) is 0 Å². The third kappa shape index (κ3) is 2.51. The molecule has 1 aliphatic rings.